The van der Waals surface area contributed by atoms with Crippen molar-refractivity contribution in [2.75, 3.05) is 6.61 Å². The van der Waals surface area contributed by atoms with Crippen molar-refractivity contribution in [1.29, 1.82) is 0 Å². The maximum Gasteiger partial charge on any atom is 0.189 e. The number of nitrogens with two attached hydrogens (primary N) is 1. The molecule has 0 aromatic carbocycles. The van der Waals surface area contributed by atoms with E-state index in [0.717, 1.165) is 0 Å². The number of rotatable bonds is 3. The van der Waals surface area contributed by atoms with E-state index in [4.69, 9.17) is 10.8 Å². The first kappa shape index (κ1) is 13.2. The highest BCUT2D eigenvalue weighted by molar-refractivity contribution is 5.78. The maximum absolute atomic E-state index is 9.05. The highest BCUT2D eigenvalue weighted by Crippen LogP contribution is 2.05. The Bertz CT molecular complexity index is 194. The van der Waals surface area contributed by atoms with Gasteiger partial charge in [-0.1, -0.05) is 13.8 Å². The molecule has 0 fully saturated rings. The van der Waals surface area contributed by atoms with E-state index in [9.17, 15) is 0 Å². The molecule has 0 aliphatic carbocycles. The number of nitrogens with one attached hydrogen (secondary N) is 1. The van der Waals surface area contributed by atoms with Gasteiger partial charge in [-0.3, -0.25) is 0 Å². The third-order valence-corrected chi connectivity index (χ3v) is 1.76. The Balaban J connectivity index is 4.34. The molecule has 4 heteroatoms. The Morgan fingerprint density at radius 2 is 1.93 bits per heavy atom. The summed E-state index contributed by atoms with van der Waals surface area (Å²) in [6.45, 7) is 10.1. The Labute approximate surface area is 86.6 Å². The van der Waals surface area contributed by atoms with Gasteiger partial charge in [-0.05, 0) is 26.7 Å². The minimum Gasteiger partial charge on any atom is -0.394 e. The second kappa shape index (κ2) is 5.20. The van der Waals surface area contributed by atoms with Crippen LogP contribution in [0.4, 0.5) is 0 Å². The van der Waals surface area contributed by atoms with Crippen LogP contribution in [-0.4, -0.2) is 29.3 Å². The largest absolute Gasteiger partial charge is 0.394 e. The van der Waals surface area contributed by atoms with Crippen LogP contribution in [-0.2, 0) is 0 Å². The smallest absolute Gasteiger partial charge is 0.189 e. The second-order valence-corrected chi connectivity index (χ2v) is 4.88. The second-order valence-electron chi connectivity index (χ2n) is 4.88. The number of nitrogens with zero attached hydrogens (tertiary/aromatic N) is 1. The lowest BCUT2D eigenvalue weighted by atomic mass is 10.1. The van der Waals surface area contributed by atoms with E-state index in [0.29, 0.717) is 11.9 Å². The summed E-state index contributed by atoms with van der Waals surface area (Å²) >= 11 is 0. The van der Waals surface area contributed by atoms with Gasteiger partial charge >= 0.3 is 0 Å². The third kappa shape index (κ3) is 5.80. The lowest BCUT2D eigenvalue weighted by Gasteiger charge is -2.23. The molecular formula is C10H23N3O. The van der Waals surface area contributed by atoms with E-state index in [1.54, 1.807) is 0 Å². The molecule has 0 aromatic heterocycles. The Hall–Kier alpha value is -0.770. The average molecular weight is 201 g/mol. The number of aliphatic imine (C=N–C) groups is 1. The van der Waals surface area contributed by atoms with E-state index in [-0.39, 0.29) is 18.2 Å². The van der Waals surface area contributed by atoms with Crippen LogP contribution in [0.3, 0.4) is 0 Å². The third-order valence-electron chi connectivity index (χ3n) is 1.76. The van der Waals surface area contributed by atoms with Gasteiger partial charge in [0.25, 0.3) is 0 Å². The van der Waals surface area contributed by atoms with Crippen molar-refractivity contribution in [2.45, 2.75) is 46.2 Å². The van der Waals surface area contributed by atoms with Crippen molar-refractivity contribution in [2.24, 2.45) is 16.6 Å². The molecule has 84 valence electrons. The lowest BCUT2D eigenvalue weighted by molar-refractivity contribution is 0.239. The van der Waals surface area contributed by atoms with E-state index < -0.39 is 0 Å². The fraction of sp³-hybridized carbons (Fsp3) is 0.900. The van der Waals surface area contributed by atoms with Crippen LogP contribution >= 0.6 is 0 Å². The van der Waals surface area contributed by atoms with Gasteiger partial charge in [0.2, 0.25) is 0 Å². The van der Waals surface area contributed by atoms with Crippen molar-refractivity contribution >= 4 is 5.96 Å². The monoisotopic (exact) mass is 201 g/mol. The summed E-state index contributed by atoms with van der Waals surface area (Å²) < 4.78 is 0. The molecule has 0 heterocycles. The van der Waals surface area contributed by atoms with Crippen molar-refractivity contribution < 1.29 is 5.11 Å². The fourth-order valence-corrected chi connectivity index (χ4v) is 0.996. The number of aliphatic hydroxyl groups excluding tert-OH is 1. The molecule has 1 atom stereocenters. The maximum atomic E-state index is 9.05. The van der Waals surface area contributed by atoms with Gasteiger partial charge in [0.15, 0.2) is 5.96 Å². The topological polar surface area (TPSA) is 70.6 Å². The summed E-state index contributed by atoms with van der Waals surface area (Å²) in [4.78, 5) is 4.21. The quantitative estimate of drug-likeness (QED) is 0.465. The molecule has 0 radical (unpaired) electrons. The van der Waals surface area contributed by atoms with Gasteiger partial charge in [0, 0.05) is 5.54 Å². The standard InChI is InChI=1S/C10H23N3O/c1-7(2)8(6-14)12-9(11)13-10(3,4)5/h7-8,14H,6H2,1-5H3,(H3,11,12,13)/t8-/m1/s1. The van der Waals surface area contributed by atoms with Crippen LogP contribution in [0.2, 0.25) is 0 Å². The number of aliphatic hydroxyl groups is 1. The normalized spacial score (nSPS) is 15.8. The van der Waals surface area contributed by atoms with Gasteiger partial charge in [-0.2, -0.15) is 0 Å². The van der Waals surface area contributed by atoms with Crippen molar-refractivity contribution in [3.05, 3.63) is 0 Å². The highest BCUT2D eigenvalue weighted by Gasteiger charge is 2.14. The number of guanidine groups is 1. The summed E-state index contributed by atoms with van der Waals surface area (Å²) in [5, 5.41) is 12.1. The van der Waals surface area contributed by atoms with Gasteiger partial charge < -0.3 is 16.2 Å². The molecule has 0 bridgehead atoms. The van der Waals surface area contributed by atoms with Gasteiger partial charge in [-0.15, -0.1) is 0 Å². The van der Waals surface area contributed by atoms with Crippen molar-refractivity contribution in [3.8, 4) is 0 Å². The summed E-state index contributed by atoms with van der Waals surface area (Å²) in [7, 11) is 0. The van der Waals surface area contributed by atoms with Crippen LogP contribution in [0.1, 0.15) is 34.6 Å². The number of hydrogen-bond acceptors (Lipinski definition) is 2. The molecule has 0 saturated carbocycles. The molecule has 4 N–H and O–H groups in total. The van der Waals surface area contributed by atoms with Gasteiger partial charge in [0.1, 0.15) is 0 Å². The minimum atomic E-state index is -0.121. The van der Waals surface area contributed by atoms with Crippen molar-refractivity contribution in [3.63, 3.8) is 0 Å². The zero-order valence-electron chi connectivity index (χ0n) is 9.83. The molecule has 14 heavy (non-hydrogen) atoms. The lowest BCUT2D eigenvalue weighted by Crippen LogP contribution is -2.46. The molecule has 0 unspecified atom stereocenters. The summed E-state index contributed by atoms with van der Waals surface area (Å²) in [5.74, 6) is 0.686. The first-order valence-corrected chi connectivity index (χ1v) is 4.98. The number of hydrogen-bond donors (Lipinski definition) is 3. The van der Waals surface area contributed by atoms with Crippen LogP contribution < -0.4 is 11.1 Å². The summed E-state index contributed by atoms with van der Waals surface area (Å²) in [6.07, 6.45) is 0. The molecule has 0 amide bonds. The van der Waals surface area contributed by atoms with Crippen molar-refractivity contribution in [1.82, 2.24) is 5.32 Å². The fourth-order valence-electron chi connectivity index (χ4n) is 0.996. The van der Waals surface area contributed by atoms with E-state index in [2.05, 4.69) is 10.3 Å². The van der Waals surface area contributed by atoms with E-state index in [1.165, 1.54) is 0 Å². The summed E-state index contributed by atoms with van der Waals surface area (Å²) in [5.41, 5.74) is 5.61. The van der Waals surface area contributed by atoms with E-state index >= 15 is 0 Å². The Morgan fingerprint density at radius 1 is 1.43 bits per heavy atom. The Morgan fingerprint density at radius 3 is 2.21 bits per heavy atom. The molecule has 0 aliphatic heterocycles. The van der Waals surface area contributed by atoms with E-state index in [1.807, 2.05) is 34.6 Å². The van der Waals surface area contributed by atoms with Crippen LogP contribution in [0.25, 0.3) is 0 Å². The van der Waals surface area contributed by atoms with Gasteiger partial charge in [-0.25, -0.2) is 4.99 Å². The summed E-state index contributed by atoms with van der Waals surface area (Å²) in [6, 6.07) is -0.121. The highest BCUT2D eigenvalue weighted by atomic mass is 16.3. The average Bonchev–Trinajstić information content (AvgIpc) is 1.96. The molecule has 0 spiro atoms. The minimum absolute atomic E-state index is 0.0319. The predicted octanol–water partition coefficient (Wildman–Crippen LogP) is 0.706. The SMILES string of the molecule is CC(C)[C@@H](CO)N=C(N)NC(C)(C)C. The zero-order chi connectivity index (χ0) is 11.4. The molecular weight excluding hydrogens is 178 g/mol. The molecule has 0 rings (SSSR count). The molecule has 0 aromatic rings. The molecule has 4 nitrogen and oxygen atoms in total. The van der Waals surface area contributed by atoms with Crippen LogP contribution in [0, 0.1) is 5.92 Å². The predicted molar refractivity (Wildman–Crippen MR) is 60.2 cm³/mol. The van der Waals surface area contributed by atoms with Gasteiger partial charge in [0.05, 0.1) is 12.6 Å². The first-order chi connectivity index (χ1) is 6.26. The molecule has 0 aliphatic rings. The van der Waals surface area contributed by atoms with Crippen LogP contribution in [0.15, 0.2) is 4.99 Å². The van der Waals surface area contributed by atoms with Crippen LogP contribution in [0.5, 0.6) is 0 Å². The zero-order valence-corrected chi connectivity index (χ0v) is 9.83. The first-order valence-electron chi connectivity index (χ1n) is 4.98. The molecule has 0 saturated heterocycles. The Kier molecular flexibility index (Phi) is 4.91.